The molecule has 0 spiro atoms. The van der Waals surface area contributed by atoms with E-state index in [1.165, 1.54) is 12.1 Å². The number of rotatable bonds is 2. The Morgan fingerprint density at radius 2 is 2.10 bits per heavy atom. The third-order valence-corrected chi connectivity index (χ3v) is 4.34. The van der Waals surface area contributed by atoms with Crippen LogP contribution in [0, 0.1) is 0 Å². The number of aromatic carboxylic acids is 1. The lowest BCUT2D eigenvalue weighted by Gasteiger charge is -2.20. The zero-order chi connectivity index (χ0) is 14.5. The fraction of sp³-hybridized carbons (Fsp3) is 0.385. The topological polar surface area (TPSA) is 69.6 Å². The van der Waals surface area contributed by atoms with Crippen molar-refractivity contribution >= 4 is 41.1 Å². The molecule has 5 nitrogen and oxygen atoms in total. The molecule has 1 aliphatic heterocycles. The first-order valence-electron chi connectivity index (χ1n) is 6.24. The van der Waals surface area contributed by atoms with Crippen molar-refractivity contribution in [3.63, 3.8) is 0 Å². The van der Waals surface area contributed by atoms with Gasteiger partial charge in [-0.25, -0.2) is 9.59 Å². The van der Waals surface area contributed by atoms with Gasteiger partial charge in [-0.1, -0.05) is 11.6 Å². The molecule has 1 aromatic carbocycles. The van der Waals surface area contributed by atoms with Gasteiger partial charge < -0.3 is 15.3 Å². The number of benzene rings is 1. The van der Waals surface area contributed by atoms with Crippen LogP contribution in [-0.2, 0) is 0 Å². The Bertz CT molecular complexity index is 516. The van der Waals surface area contributed by atoms with E-state index in [0.717, 1.165) is 24.5 Å². The summed E-state index contributed by atoms with van der Waals surface area (Å²) in [5.74, 6) is 0.875. The smallest absolute Gasteiger partial charge is 0.337 e. The lowest BCUT2D eigenvalue weighted by atomic mass is 10.2. The molecule has 2 amide bonds. The summed E-state index contributed by atoms with van der Waals surface area (Å²) in [6.07, 6.45) is 0.971. The van der Waals surface area contributed by atoms with Crippen LogP contribution < -0.4 is 5.32 Å². The number of anilines is 1. The van der Waals surface area contributed by atoms with Crippen LogP contribution in [-0.4, -0.2) is 46.6 Å². The van der Waals surface area contributed by atoms with Crippen molar-refractivity contribution in [2.24, 2.45) is 0 Å². The average Bonchev–Trinajstić information content (AvgIpc) is 2.69. The zero-order valence-corrected chi connectivity index (χ0v) is 12.3. The van der Waals surface area contributed by atoms with E-state index in [-0.39, 0.29) is 16.6 Å². The highest BCUT2D eigenvalue weighted by atomic mass is 35.5. The molecule has 0 saturated carbocycles. The third-order valence-electron chi connectivity index (χ3n) is 2.96. The molecular weight excluding hydrogens is 300 g/mol. The molecule has 108 valence electrons. The summed E-state index contributed by atoms with van der Waals surface area (Å²) >= 11 is 7.63. The first kappa shape index (κ1) is 15.0. The van der Waals surface area contributed by atoms with Crippen LogP contribution in [0.1, 0.15) is 16.8 Å². The molecular formula is C13H15ClN2O3S. The standard InChI is InChI=1S/C13H15ClN2O3S/c14-11-3-2-9(8-10(11)12(17)18)15-13(19)16-4-1-6-20-7-5-16/h2-3,8H,1,4-7H2,(H,15,19)(H,17,18). The summed E-state index contributed by atoms with van der Waals surface area (Å²) in [5, 5.41) is 11.9. The molecule has 0 radical (unpaired) electrons. The molecule has 0 aromatic heterocycles. The molecule has 0 aliphatic carbocycles. The van der Waals surface area contributed by atoms with E-state index in [4.69, 9.17) is 16.7 Å². The summed E-state index contributed by atoms with van der Waals surface area (Å²) in [4.78, 5) is 24.9. The quantitative estimate of drug-likeness (QED) is 0.880. The number of urea groups is 1. The van der Waals surface area contributed by atoms with Crippen molar-refractivity contribution in [1.29, 1.82) is 0 Å². The number of carboxylic acids is 1. The highest BCUT2D eigenvalue weighted by Crippen LogP contribution is 2.21. The number of carbonyl (C=O) groups is 2. The molecule has 1 aromatic rings. The van der Waals surface area contributed by atoms with Crippen LogP contribution in [0.5, 0.6) is 0 Å². The first-order chi connectivity index (χ1) is 9.58. The molecule has 7 heteroatoms. The summed E-state index contributed by atoms with van der Waals surface area (Å²) in [7, 11) is 0. The maximum atomic E-state index is 12.1. The number of hydrogen-bond acceptors (Lipinski definition) is 3. The van der Waals surface area contributed by atoms with Gasteiger partial charge >= 0.3 is 12.0 Å². The number of carbonyl (C=O) groups excluding carboxylic acids is 1. The molecule has 0 unspecified atom stereocenters. The summed E-state index contributed by atoms with van der Waals surface area (Å²) in [5.41, 5.74) is 0.421. The molecule has 0 bridgehead atoms. The highest BCUT2D eigenvalue weighted by Gasteiger charge is 2.16. The average molecular weight is 315 g/mol. The van der Waals surface area contributed by atoms with Gasteiger partial charge in [0, 0.05) is 24.5 Å². The summed E-state index contributed by atoms with van der Waals surface area (Å²) in [6.45, 7) is 1.42. The van der Waals surface area contributed by atoms with Gasteiger partial charge in [-0.15, -0.1) is 0 Å². The van der Waals surface area contributed by atoms with Gasteiger partial charge in [0.1, 0.15) is 0 Å². The predicted octanol–water partition coefficient (Wildman–Crippen LogP) is 3.01. The second-order valence-corrected chi connectivity index (χ2v) is 6.01. The van der Waals surface area contributed by atoms with Crippen LogP contribution in [0.2, 0.25) is 5.02 Å². The molecule has 1 aliphatic rings. The van der Waals surface area contributed by atoms with E-state index < -0.39 is 5.97 Å². The van der Waals surface area contributed by atoms with E-state index in [9.17, 15) is 9.59 Å². The van der Waals surface area contributed by atoms with Crippen molar-refractivity contribution in [3.8, 4) is 0 Å². The minimum absolute atomic E-state index is 0.0177. The molecule has 0 atom stereocenters. The highest BCUT2D eigenvalue weighted by molar-refractivity contribution is 7.99. The lowest BCUT2D eigenvalue weighted by molar-refractivity contribution is 0.0697. The normalized spacial score (nSPS) is 15.6. The van der Waals surface area contributed by atoms with Crippen LogP contribution in [0.15, 0.2) is 18.2 Å². The maximum absolute atomic E-state index is 12.1. The monoisotopic (exact) mass is 314 g/mol. The Kier molecular flexibility index (Phi) is 5.14. The minimum Gasteiger partial charge on any atom is -0.478 e. The van der Waals surface area contributed by atoms with Crippen molar-refractivity contribution < 1.29 is 14.7 Å². The first-order valence-corrected chi connectivity index (χ1v) is 7.77. The number of nitrogens with one attached hydrogen (secondary N) is 1. The van der Waals surface area contributed by atoms with Crippen LogP contribution >= 0.6 is 23.4 Å². The number of thioether (sulfide) groups is 1. The number of amides is 2. The van der Waals surface area contributed by atoms with Crippen molar-refractivity contribution in [2.75, 3.05) is 29.9 Å². The van der Waals surface area contributed by atoms with Gasteiger partial charge in [-0.2, -0.15) is 11.8 Å². The van der Waals surface area contributed by atoms with E-state index >= 15 is 0 Å². The van der Waals surface area contributed by atoms with E-state index in [0.29, 0.717) is 12.2 Å². The Hall–Kier alpha value is -1.40. The van der Waals surface area contributed by atoms with Gasteiger partial charge in [0.2, 0.25) is 0 Å². The molecule has 1 fully saturated rings. The number of hydrogen-bond donors (Lipinski definition) is 2. The van der Waals surface area contributed by atoms with E-state index in [2.05, 4.69) is 5.32 Å². The summed E-state index contributed by atoms with van der Waals surface area (Å²) < 4.78 is 0. The van der Waals surface area contributed by atoms with E-state index in [1.54, 1.807) is 11.0 Å². The number of nitrogens with zero attached hydrogens (tertiary/aromatic N) is 1. The van der Waals surface area contributed by atoms with Crippen molar-refractivity contribution in [1.82, 2.24) is 4.90 Å². The lowest BCUT2D eigenvalue weighted by Crippen LogP contribution is -2.36. The molecule has 2 rings (SSSR count). The second kappa shape index (κ2) is 6.85. The Morgan fingerprint density at radius 1 is 1.30 bits per heavy atom. The fourth-order valence-electron chi connectivity index (χ4n) is 1.92. The predicted molar refractivity (Wildman–Crippen MR) is 80.9 cm³/mol. The fourth-order valence-corrected chi connectivity index (χ4v) is 3.00. The summed E-state index contributed by atoms with van der Waals surface area (Å²) in [6, 6.07) is 4.24. The largest absolute Gasteiger partial charge is 0.478 e. The van der Waals surface area contributed by atoms with Gasteiger partial charge in [0.25, 0.3) is 0 Å². The van der Waals surface area contributed by atoms with Crippen molar-refractivity contribution in [3.05, 3.63) is 28.8 Å². The van der Waals surface area contributed by atoms with E-state index in [1.807, 2.05) is 11.8 Å². The Balaban J connectivity index is 2.07. The number of carboxylic acid groups (broad SMARTS) is 1. The van der Waals surface area contributed by atoms with Crippen LogP contribution in [0.4, 0.5) is 10.5 Å². The van der Waals surface area contributed by atoms with Crippen LogP contribution in [0.3, 0.4) is 0 Å². The zero-order valence-electron chi connectivity index (χ0n) is 10.8. The van der Waals surface area contributed by atoms with Gasteiger partial charge in [0.05, 0.1) is 10.6 Å². The number of halogens is 1. The Morgan fingerprint density at radius 3 is 2.85 bits per heavy atom. The minimum atomic E-state index is -1.11. The molecule has 1 heterocycles. The van der Waals surface area contributed by atoms with Crippen LogP contribution in [0.25, 0.3) is 0 Å². The van der Waals surface area contributed by atoms with Gasteiger partial charge in [-0.3, -0.25) is 0 Å². The van der Waals surface area contributed by atoms with Gasteiger partial charge in [-0.05, 0) is 30.4 Å². The molecule has 1 saturated heterocycles. The third kappa shape index (κ3) is 3.80. The second-order valence-electron chi connectivity index (χ2n) is 4.38. The van der Waals surface area contributed by atoms with Gasteiger partial charge in [0.15, 0.2) is 0 Å². The SMILES string of the molecule is O=C(O)c1cc(NC(=O)N2CCCSCC2)ccc1Cl. The molecule has 2 N–H and O–H groups in total. The maximum Gasteiger partial charge on any atom is 0.337 e. The Labute approximate surface area is 126 Å². The van der Waals surface area contributed by atoms with Crippen molar-refractivity contribution in [2.45, 2.75) is 6.42 Å². The molecule has 20 heavy (non-hydrogen) atoms.